The van der Waals surface area contributed by atoms with E-state index in [1.54, 1.807) is 4.90 Å². The Morgan fingerprint density at radius 1 is 1.28 bits per heavy atom. The highest BCUT2D eigenvalue weighted by Crippen LogP contribution is 2.38. The number of nitrogens with zero attached hydrogens (tertiary/aromatic N) is 5. The monoisotopic (exact) mass is 415 g/mol. The number of benzene rings is 1. The molecule has 1 saturated heterocycles. The van der Waals surface area contributed by atoms with Crippen molar-refractivity contribution in [2.24, 2.45) is 5.92 Å². The Morgan fingerprint density at radius 2 is 2.03 bits per heavy atom. The predicted molar refractivity (Wildman–Crippen MR) is 106 cm³/mol. The van der Waals surface area contributed by atoms with Gasteiger partial charge in [-0.1, -0.05) is 31.2 Å². The van der Waals surface area contributed by atoms with Gasteiger partial charge in [0.25, 0.3) is 0 Å². The fourth-order valence-electron chi connectivity index (χ4n) is 3.71. The first-order valence-corrected chi connectivity index (χ1v) is 10.2. The summed E-state index contributed by atoms with van der Waals surface area (Å²) in [4.78, 5) is 30.9. The molecule has 0 spiro atoms. The molecule has 0 aliphatic carbocycles. The van der Waals surface area contributed by atoms with Crippen LogP contribution in [0.5, 0.6) is 0 Å². The molecule has 9 nitrogen and oxygen atoms in total. The van der Waals surface area contributed by atoms with Crippen molar-refractivity contribution < 1.29 is 19.8 Å². The predicted octanol–water partition coefficient (Wildman–Crippen LogP) is 2.12. The molecule has 1 aromatic carbocycles. The molecule has 1 aliphatic rings. The van der Waals surface area contributed by atoms with Crippen LogP contribution in [0.1, 0.15) is 47.8 Å². The lowest BCUT2D eigenvalue weighted by molar-refractivity contribution is -0.137. The van der Waals surface area contributed by atoms with Crippen molar-refractivity contribution in [3.05, 3.63) is 41.2 Å². The number of β-amino-alcohol motifs (C(OH)–C–C–N with tert-alkyl or cyclic N) is 1. The molecule has 1 amide bonds. The first-order valence-electron chi connectivity index (χ1n) is 9.34. The van der Waals surface area contributed by atoms with Gasteiger partial charge in [-0.05, 0) is 18.1 Å². The number of amides is 1. The van der Waals surface area contributed by atoms with Crippen LogP contribution < -0.4 is 0 Å². The molecule has 2 N–H and O–H groups in total. The fraction of sp³-hybridized carbons (Fsp3) is 0.421. The molecule has 0 radical (unpaired) electrons. The third-order valence-corrected chi connectivity index (χ3v) is 6.19. The van der Waals surface area contributed by atoms with Gasteiger partial charge in [0, 0.05) is 13.0 Å². The summed E-state index contributed by atoms with van der Waals surface area (Å²) in [5.41, 5.74) is 0.650. The van der Waals surface area contributed by atoms with E-state index in [9.17, 15) is 14.7 Å². The molecule has 29 heavy (non-hydrogen) atoms. The standard InChI is InChI=1S/C19H21N5O4S/c1-10(2)16(24-9-13(19(27)28)21-22-24)18(26)23-8-11(25)7-14(23)17-20-12-5-3-4-6-15(12)29-17/h3-6,9-11,14,16,25H,7-8H2,1-2H3,(H,27,28)/t11-,14+,16+/m1/s1. The molecule has 3 heterocycles. The maximum absolute atomic E-state index is 13.5. The van der Waals surface area contributed by atoms with Gasteiger partial charge in [-0.15, -0.1) is 16.4 Å². The third kappa shape index (κ3) is 3.60. The first kappa shape index (κ1) is 19.5. The highest BCUT2D eigenvalue weighted by Gasteiger charge is 2.41. The summed E-state index contributed by atoms with van der Waals surface area (Å²) >= 11 is 1.51. The van der Waals surface area contributed by atoms with E-state index in [-0.39, 0.29) is 30.1 Å². The van der Waals surface area contributed by atoms with Crippen molar-refractivity contribution in [2.75, 3.05) is 6.54 Å². The molecule has 1 fully saturated rings. The summed E-state index contributed by atoms with van der Waals surface area (Å²) in [6, 6.07) is 6.70. The van der Waals surface area contributed by atoms with E-state index in [0.29, 0.717) is 6.42 Å². The zero-order chi connectivity index (χ0) is 20.7. The van der Waals surface area contributed by atoms with Crippen molar-refractivity contribution in [2.45, 2.75) is 38.5 Å². The molecule has 2 aromatic heterocycles. The number of aromatic carboxylic acids is 1. The van der Waals surface area contributed by atoms with Gasteiger partial charge in [-0.25, -0.2) is 14.5 Å². The van der Waals surface area contributed by atoms with Crippen LogP contribution in [0.3, 0.4) is 0 Å². The molecule has 1 aliphatic heterocycles. The van der Waals surface area contributed by atoms with Gasteiger partial charge in [0.2, 0.25) is 5.91 Å². The SMILES string of the molecule is CC(C)[C@@H](C(=O)N1C[C@H](O)C[C@H]1c1nc2ccccc2s1)n1cc(C(=O)O)nn1. The van der Waals surface area contributed by atoms with E-state index >= 15 is 0 Å². The number of carboxylic acid groups (broad SMARTS) is 1. The lowest BCUT2D eigenvalue weighted by Gasteiger charge is -2.29. The summed E-state index contributed by atoms with van der Waals surface area (Å²) in [6.45, 7) is 3.93. The average Bonchev–Trinajstić information content (AvgIpc) is 3.38. The van der Waals surface area contributed by atoms with E-state index in [4.69, 9.17) is 5.11 Å². The topological polar surface area (TPSA) is 121 Å². The number of para-hydroxylation sites is 1. The number of carboxylic acids is 1. The number of aromatic nitrogens is 4. The number of likely N-dealkylation sites (tertiary alicyclic amines) is 1. The minimum Gasteiger partial charge on any atom is -0.476 e. The summed E-state index contributed by atoms with van der Waals surface area (Å²) in [7, 11) is 0. The quantitative estimate of drug-likeness (QED) is 0.654. The second-order valence-electron chi connectivity index (χ2n) is 7.49. The van der Waals surface area contributed by atoms with Crippen LogP contribution in [0.2, 0.25) is 0 Å². The summed E-state index contributed by atoms with van der Waals surface area (Å²) in [6.07, 6.45) is 1.03. The van der Waals surface area contributed by atoms with Crippen LogP contribution in [0.4, 0.5) is 0 Å². The Kier molecular flexibility index (Phi) is 5.05. The number of hydrogen-bond acceptors (Lipinski definition) is 7. The van der Waals surface area contributed by atoms with Gasteiger partial charge < -0.3 is 15.1 Å². The third-order valence-electron chi connectivity index (χ3n) is 5.06. The molecule has 0 unspecified atom stereocenters. The van der Waals surface area contributed by atoms with Crippen molar-refractivity contribution in [1.82, 2.24) is 24.9 Å². The van der Waals surface area contributed by atoms with Crippen LogP contribution in [-0.2, 0) is 4.79 Å². The number of carbonyl (C=O) groups excluding carboxylic acids is 1. The molecule has 0 bridgehead atoms. The molecule has 3 atom stereocenters. The van der Waals surface area contributed by atoms with Gasteiger partial charge in [0.05, 0.1) is 28.6 Å². The lowest BCUT2D eigenvalue weighted by Crippen LogP contribution is -2.40. The molecule has 3 aromatic rings. The van der Waals surface area contributed by atoms with Crippen molar-refractivity contribution in [1.29, 1.82) is 0 Å². The number of aliphatic hydroxyl groups excluding tert-OH is 1. The zero-order valence-electron chi connectivity index (χ0n) is 16.0. The Hall–Kier alpha value is -2.85. The minimum absolute atomic E-state index is 0.153. The lowest BCUT2D eigenvalue weighted by atomic mass is 10.0. The molecule has 10 heteroatoms. The second-order valence-corrected chi connectivity index (χ2v) is 8.56. The summed E-state index contributed by atoms with van der Waals surface area (Å²) in [5, 5.41) is 27.7. The van der Waals surface area contributed by atoms with Crippen LogP contribution >= 0.6 is 11.3 Å². The highest BCUT2D eigenvalue weighted by atomic mass is 32.1. The van der Waals surface area contributed by atoms with Crippen LogP contribution in [0, 0.1) is 5.92 Å². The number of rotatable bonds is 5. The van der Waals surface area contributed by atoms with Gasteiger partial charge in [-0.2, -0.15) is 0 Å². The first-order chi connectivity index (χ1) is 13.8. The van der Waals surface area contributed by atoms with Gasteiger partial charge in [-0.3, -0.25) is 4.79 Å². The number of hydrogen-bond donors (Lipinski definition) is 2. The van der Waals surface area contributed by atoms with E-state index in [2.05, 4.69) is 15.3 Å². The Balaban J connectivity index is 1.67. The number of fused-ring (bicyclic) bond motifs is 1. The van der Waals surface area contributed by atoms with Crippen molar-refractivity contribution in [3.8, 4) is 0 Å². The largest absolute Gasteiger partial charge is 0.476 e. The minimum atomic E-state index is -1.20. The van der Waals surface area contributed by atoms with E-state index in [1.165, 1.54) is 22.2 Å². The van der Waals surface area contributed by atoms with E-state index < -0.39 is 18.1 Å². The average molecular weight is 415 g/mol. The van der Waals surface area contributed by atoms with Gasteiger partial charge in [0.15, 0.2) is 5.69 Å². The van der Waals surface area contributed by atoms with Crippen LogP contribution in [0.15, 0.2) is 30.5 Å². The van der Waals surface area contributed by atoms with Crippen LogP contribution in [0.25, 0.3) is 10.2 Å². The molecular weight excluding hydrogens is 394 g/mol. The number of carbonyl (C=O) groups is 2. The summed E-state index contributed by atoms with van der Waals surface area (Å²) < 4.78 is 2.33. The Morgan fingerprint density at radius 3 is 2.69 bits per heavy atom. The van der Waals surface area contributed by atoms with Crippen LogP contribution in [-0.4, -0.2) is 59.6 Å². The molecule has 0 saturated carbocycles. The Bertz CT molecular complexity index is 1030. The fourth-order valence-corrected chi connectivity index (χ4v) is 4.80. The zero-order valence-corrected chi connectivity index (χ0v) is 16.8. The van der Waals surface area contributed by atoms with E-state index in [1.807, 2.05) is 38.1 Å². The van der Waals surface area contributed by atoms with Gasteiger partial charge in [0.1, 0.15) is 11.0 Å². The summed E-state index contributed by atoms with van der Waals surface area (Å²) in [5.74, 6) is -1.59. The molecular formula is C19H21N5O4S. The Labute approximate surface area is 170 Å². The van der Waals surface area contributed by atoms with Crippen molar-refractivity contribution in [3.63, 3.8) is 0 Å². The number of thiazole rings is 1. The highest BCUT2D eigenvalue weighted by molar-refractivity contribution is 7.18. The molecule has 4 rings (SSSR count). The normalized spacial score (nSPS) is 20.5. The van der Waals surface area contributed by atoms with Gasteiger partial charge >= 0.3 is 5.97 Å². The smallest absolute Gasteiger partial charge is 0.358 e. The van der Waals surface area contributed by atoms with Crippen molar-refractivity contribution >= 4 is 33.4 Å². The maximum Gasteiger partial charge on any atom is 0.358 e. The number of aliphatic hydroxyl groups is 1. The second kappa shape index (κ2) is 7.53. The molecule has 152 valence electrons. The van der Waals surface area contributed by atoms with E-state index in [0.717, 1.165) is 15.2 Å². The maximum atomic E-state index is 13.5.